The average Bonchev–Trinajstić information content (AvgIpc) is 2.41. The quantitative estimate of drug-likeness (QED) is 0.842. The van der Waals surface area contributed by atoms with Gasteiger partial charge in [-0.25, -0.2) is 0 Å². The predicted octanol–water partition coefficient (Wildman–Crippen LogP) is 4.20. The number of likely N-dealkylation sites (N-methyl/N-ethyl adjacent to an activating group) is 1. The summed E-state index contributed by atoms with van der Waals surface area (Å²) >= 11 is 0. The summed E-state index contributed by atoms with van der Waals surface area (Å²) in [6, 6.07) is 17.9. The minimum atomic E-state index is 0.397. The molecule has 100 valence electrons. The molecule has 19 heavy (non-hydrogen) atoms. The molecule has 0 fully saturated rings. The van der Waals surface area contributed by atoms with Crippen LogP contribution in [0.3, 0.4) is 0 Å². The van der Waals surface area contributed by atoms with E-state index in [0.717, 1.165) is 13.0 Å². The van der Waals surface area contributed by atoms with E-state index in [1.165, 1.54) is 22.3 Å². The van der Waals surface area contributed by atoms with E-state index in [0.29, 0.717) is 6.04 Å². The number of hydrogen-bond donors (Lipinski definition) is 1. The Kier molecular flexibility index (Phi) is 4.75. The highest BCUT2D eigenvalue weighted by atomic mass is 14.9. The molecule has 1 nitrogen and oxygen atoms in total. The van der Waals surface area contributed by atoms with Crippen LogP contribution in [0, 0.1) is 13.8 Å². The molecule has 2 aromatic rings. The van der Waals surface area contributed by atoms with Gasteiger partial charge in [0.1, 0.15) is 0 Å². The summed E-state index contributed by atoms with van der Waals surface area (Å²) in [5.41, 5.74) is 5.48. The van der Waals surface area contributed by atoms with E-state index in [1.807, 2.05) is 0 Å². The highest BCUT2D eigenvalue weighted by molar-refractivity contribution is 5.31. The maximum atomic E-state index is 3.60. The van der Waals surface area contributed by atoms with Crippen LogP contribution in [0.2, 0.25) is 0 Å². The molecule has 2 rings (SSSR count). The second-order valence-electron chi connectivity index (χ2n) is 5.16. The summed E-state index contributed by atoms with van der Waals surface area (Å²) in [5, 5.41) is 3.60. The molecule has 0 aliphatic carbocycles. The first-order valence-electron chi connectivity index (χ1n) is 7.05. The minimum absolute atomic E-state index is 0.397. The molecule has 2 aromatic carbocycles. The van der Waals surface area contributed by atoms with Gasteiger partial charge in [0.05, 0.1) is 0 Å². The molecule has 0 bridgehead atoms. The topological polar surface area (TPSA) is 12.0 Å². The van der Waals surface area contributed by atoms with Crippen molar-refractivity contribution in [1.82, 2.24) is 5.32 Å². The van der Waals surface area contributed by atoms with Crippen LogP contribution in [0.15, 0.2) is 48.5 Å². The van der Waals surface area contributed by atoms with E-state index in [2.05, 4.69) is 74.6 Å². The first kappa shape index (κ1) is 13.8. The molecule has 0 aliphatic heterocycles. The molecule has 1 heteroatoms. The smallest absolute Gasteiger partial charge is 0.0363 e. The maximum absolute atomic E-state index is 3.60. The summed E-state index contributed by atoms with van der Waals surface area (Å²) < 4.78 is 0. The molecular weight excluding hydrogens is 230 g/mol. The molecule has 0 radical (unpaired) electrons. The van der Waals surface area contributed by atoms with Crippen LogP contribution >= 0.6 is 0 Å². The third-order valence-electron chi connectivity index (χ3n) is 3.57. The number of benzene rings is 2. The molecule has 1 unspecified atom stereocenters. The molecule has 1 N–H and O–H groups in total. The number of aryl methyl sites for hydroxylation is 2. The van der Waals surface area contributed by atoms with Crippen LogP contribution in [0.4, 0.5) is 0 Å². The lowest BCUT2D eigenvalue weighted by Crippen LogP contribution is -2.23. The van der Waals surface area contributed by atoms with Gasteiger partial charge in [-0.2, -0.15) is 0 Å². The van der Waals surface area contributed by atoms with E-state index in [-0.39, 0.29) is 0 Å². The number of rotatable bonds is 5. The van der Waals surface area contributed by atoms with Crippen molar-refractivity contribution < 1.29 is 0 Å². The Labute approximate surface area is 116 Å². The SMILES string of the molecule is CCNC(Cc1ccc(C)cc1)c1ccccc1C. The Morgan fingerprint density at radius 3 is 2.26 bits per heavy atom. The Morgan fingerprint density at radius 2 is 1.63 bits per heavy atom. The number of nitrogens with one attached hydrogen (secondary N) is 1. The van der Waals surface area contributed by atoms with Crippen molar-refractivity contribution in [2.45, 2.75) is 33.2 Å². The fourth-order valence-corrected chi connectivity index (χ4v) is 2.48. The Morgan fingerprint density at radius 1 is 0.947 bits per heavy atom. The van der Waals surface area contributed by atoms with Gasteiger partial charge in [0.2, 0.25) is 0 Å². The van der Waals surface area contributed by atoms with Crippen LogP contribution in [-0.2, 0) is 6.42 Å². The van der Waals surface area contributed by atoms with Crippen LogP contribution in [-0.4, -0.2) is 6.54 Å². The molecule has 1 atom stereocenters. The van der Waals surface area contributed by atoms with Crippen LogP contribution in [0.25, 0.3) is 0 Å². The van der Waals surface area contributed by atoms with E-state index in [9.17, 15) is 0 Å². The fraction of sp³-hybridized carbons (Fsp3) is 0.333. The molecule has 0 spiro atoms. The molecule has 0 saturated carbocycles. The lowest BCUT2D eigenvalue weighted by molar-refractivity contribution is 0.547. The zero-order valence-corrected chi connectivity index (χ0v) is 12.1. The zero-order valence-electron chi connectivity index (χ0n) is 12.1. The second kappa shape index (κ2) is 6.53. The molecule has 0 aromatic heterocycles. The Bertz CT molecular complexity index is 513. The highest BCUT2D eigenvalue weighted by Gasteiger charge is 2.12. The van der Waals surface area contributed by atoms with Gasteiger partial charge in [0.25, 0.3) is 0 Å². The van der Waals surface area contributed by atoms with Crippen LogP contribution in [0.1, 0.15) is 35.2 Å². The van der Waals surface area contributed by atoms with Crippen molar-refractivity contribution in [1.29, 1.82) is 0 Å². The largest absolute Gasteiger partial charge is 0.310 e. The normalized spacial score (nSPS) is 12.4. The predicted molar refractivity (Wildman–Crippen MR) is 82.5 cm³/mol. The lowest BCUT2D eigenvalue weighted by atomic mass is 9.95. The fourth-order valence-electron chi connectivity index (χ4n) is 2.48. The van der Waals surface area contributed by atoms with Gasteiger partial charge in [-0.3, -0.25) is 0 Å². The van der Waals surface area contributed by atoms with Crippen molar-refractivity contribution in [2.75, 3.05) is 6.54 Å². The number of hydrogen-bond acceptors (Lipinski definition) is 1. The van der Waals surface area contributed by atoms with Gasteiger partial charge in [-0.1, -0.05) is 61.0 Å². The van der Waals surface area contributed by atoms with Gasteiger partial charge in [-0.05, 0) is 43.5 Å². The van der Waals surface area contributed by atoms with Gasteiger partial charge >= 0.3 is 0 Å². The summed E-state index contributed by atoms with van der Waals surface area (Å²) in [6.07, 6.45) is 1.04. The lowest BCUT2D eigenvalue weighted by Gasteiger charge is -2.20. The molecular formula is C18H23N. The van der Waals surface area contributed by atoms with E-state index < -0.39 is 0 Å². The van der Waals surface area contributed by atoms with Crippen LogP contribution < -0.4 is 5.32 Å². The van der Waals surface area contributed by atoms with Crippen molar-refractivity contribution >= 4 is 0 Å². The first-order valence-corrected chi connectivity index (χ1v) is 7.05. The van der Waals surface area contributed by atoms with Crippen molar-refractivity contribution in [3.05, 3.63) is 70.8 Å². The molecule has 0 amide bonds. The van der Waals surface area contributed by atoms with Gasteiger partial charge < -0.3 is 5.32 Å². The second-order valence-corrected chi connectivity index (χ2v) is 5.16. The molecule has 0 aliphatic rings. The standard InChI is InChI=1S/C18H23N/c1-4-19-18(17-8-6-5-7-15(17)3)13-16-11-9-14(2)10-12-16/h5-12,18-19H,4,13H2,1-3H3. The highest BCUT2D eigenvalue weighted by Crippen LogP contribution is 2.21. The van der Waals surface area contributed by atoms with Crippen molar-refractivity contribution in [2.24, 2.45) is 0 Å². The molecule has 0 saturated heterocycles. The maximum Gasteiger partial charge on any atom is 0.0363 e. The zero-order chi connectivity index (χ0) is 13.7. The third kappa shape index (κ3) is 3.68. The Hall–Kier alpha value is -1.60. The Balaban J connectivity index is 2.21. The van der Waals surface area contributed by atoms with Crippen molar-refractivity contribution in [3.8, 4) is 0 Å². The van der Waals surface area contributed by atoms with E-state index >= 15 is 0 Å². The summed E-state index contributed by atoms with van der Waals surface area (Å²) in [7, 11) is 0. The van der Waals surface area contributed by atoms with Crippen molar-refractivity contribution in [3.63, 3.8) is 0 Å². The van der Waals surface area contributed by atoms with E-state index in [4.69, 9.17) is 0 Å². The van der Waals surface area contributed by atoms with Crippen LogP contribution in [0.5, 0.6) is 0 Å². The van der Waals surface area contributed by atoms with Gasteiger partial charge in [0.15, 0.2) is 0 Å². The van der Waals surface area contributed by atoms with Gasteiger partial charge in [-0.15, -0.1) is 0 Å². The summed E-state index contributed by atoms with van der Waals surface area (Å²) in [4.78, 5) is 0. The summed E-state index contributed by atoms with van der Waals surface area (Å²) in [6.45, 7) is 7.48. The monoisotopic (exact) mass is 253 g/mol. The van der Waals surface area contributed by atoms with Gasteiger partial charge in [0, 0.05) is 6.04 Å². The van der Waals surface area contributed by atoms with E-state index in [1.54, 1.807) is 0 Å². The average molecular weight is 253 g/mol. The summed E-state index contributed by atoms with van der Waals surface area (Å²) in [5.74, 6) is 0. The minimum Gasteiger partial charge on any atom is -0.310 e. The first-order chi connectivity index (χ1) is 9.20. The third-order valence-corrected chi connectivity index (χ3v) is 3.57. The molecule has 0 heterocycles.